The van der Waals surface area contributed by atoms with Crippen molar-refractivity contribution in [2.24, 2.45) is 5.73 Å². The van der Waals surface area contributed by atoms with Gasteiger partial charge in [-0.3, -0.25) is 0 Å². The summed E-state index contributed by atoms with van der Waals surface area (Å²) in [5.41, 5.74) is 8.01. The van der Waals surface area contributed by atoms with E-state index in [2.05, 4.69) is 6.58 Å². The van der Waals surface area contributed by atoms with Crippen molar-refractivity contribution < 1.29 is 4.74 Å². The van der Waals surface area contributed by atoms with Gasteiger partial charge >= 0.3 is 0 Å². The normalized spacial score (nSPS) is 12.3. The topological polar surface area (TPSA) is 35.2 Å². The second-order valence-electron chi connectivity index (χ2n) is 3.64. The van der Waals surface area contributed by atoms with Crippen molar-refractivity contribution in [1.29, 1.82) is 0 Å². The van der Waals surface area contributed by atoms with Gasteiger partial charge in [-0.25, -0.2) is 0 Å². The van der Waals surface area contributed by atoms with Gasteiger partial charge in [-0.2, -0.15) is 0 Å². The Balaban J connectivity index is 2.90. The molecule has 0 aliphatic carbocycles. The summed E-state index contributed by atoms with van der Waals surface area (Å²) in [6.07, 6.45) is 0. The number of nitrogens with two attached hydrogens (primary N) is 1. The fourth-order valence-electron chi connectivity index (χ4n) is 1.31. The maximum atomic E-state index is 5.85. The van der Waals surface area contributed by atoms with Gasteiger partial charge in [0.25, 0.3) is 0 Å². The lowest BCUT2D eigenvalue weighted by molar-refractivity contribution is 0.353. The van der Waals surface area contributed by atoms with Gasteiger partial charge in [0.15, 0.2) is 0 Å². The molecule has 0 bridgehead atoms. The Hall–Kier alpha value is -0.990. The predicted molar refractivity (Wildman–Crippen MR) is 64.3 cm³/mol. The van der Waals surface area contributed by atoms with Crippen LogP contribution in [0.15, 0.2) is 29.8 Å². The van der Waals surface area contributed by atoms with Crippen LogP contribution in [0.1, 0.15) is 24.1 Å². The van der Waals surface area contributed by atoms with Crippen molar-refractivity contribution in [3.8, 4) is 5.75 Å². The minimum atomic E-state index is -0.0523. The van der Waals surface area contributed by atoms with E-state index in [1.807, 2.05) is 32.0 Å². The fraction of sp³-hybridized carbons (Fsp3) is 0.333. The molecule has 15 heavy (non-hydrogen) atoms. The molecule has 82 valence electrons. The van der Waals surface area contributed by atoms with Crippen molar-refractivity contribution in [3.05, 3.63) is 40.9 Å². The molecule has 1 atom stereocenters. The number of benzene rings is 1. The number of hydrogen-bond donors (Lipinski definition) is 1. The first-order valence-electron chi connectivity index (χ1n) is 4.83. The summed E-state index contributed by atoms with van der Waals surface area (Å²) in [6.45, 7) is 7.83. The highest BCUT2D eigenvalue weighted by Crippen LogP contribution is 2.25. The molecular weight excluding hydrogens is 210 g/mol. The Morgan fingerprint density at radius 3 is 2.80 bits per heavy atom. The van der Waals surface area contributed by atoms with Gasteiger partial charge in [0.1, 0.15) is 12.4 Å². The molecule has 3 heteroatoms. The quantitative estimate of drug-likeness (QED) is 0.855. The third-order valence-corrected chi connectivity index (χ3v) is 2.15. The van der Waals surface area contributed by atoms with Crippen molar-refractivity contribution in [2.45, 2.75) is 19.9 Å². The van der Waals surface area contributed by atoms with Gasteiger partial charge < -0.3 is 10.5 Å². The molecule has 1 aromatic rings. The van der Waals surface area contributed by atoms with Gasteiger partial charge in [-0.1, -0.05) is 35.9 Å². The molecular formula is C12H16ClNO. The molecule has 0 saturated carbocycles. The molecule has 0 heterocycles. The molecule has 1 aromatic carbocycles. The van der Waals surface area contributed by atoms with E-state index in [4.69, 9.17) is 22.1 Å². The lowest BCUT2D eigenvalue weighted by Crippen LogP contribution is -2.09. The smallest absolute Gasteiger partial charge is 0.124 e. The predicted octanol–water partition coefficient (Wildman–Crippen LogP) is 3.15. The summed E-state index contributed by atoms with van der Waals surface area (Å²) in [6, 6.07) is 5.87. The van der Waals surface area contributed by atoms with E-state index in [1.165, 1.54) is 5.56 Å². The third-order valence-electron chi connectivity index (χ3n) is 2.04. The van der Waals surface area contributed by atoms with Crippen LogP contribution in [0.2, 0.25) is 0 Å². The van der Waals surface area contributed by atoms with Crippen LogP contribution in [0.5, 0.6) is 5.75 Å². The maximum Gasteiger partial charge on any atom is 0.124 e. The van der Waals surface area contributed by atoms with Crippen molar-refractivity contribution in [2.75, 3.05) is 6.61 Å². The van der Waals surface area contributed by atoms with Crippen LogP contribution in [0, 0.1) is 6.92 Å². The molecule has 2 N–H and O–H groups in total. The lowest BCUT2D eigenvalue weighted by Gasteiger charge is -2.14. The van der Waals surface area contributed by atoms with Crippen LogP contribution >= 0.6 is 11.6 Å². The zero-order valence-corrected chi connectivity index (χ0v) is 9.84. The summed E-state index contributed by atoms with van der Waals surface area (Å²) < 4.78 is 5.50. The van der Waals surface area contributed by atoms with E-state index in [0.717, 1.165) is 11.3 Å². The van der Waals surface area contributed by atoms with Crippen LogP contribution in [-0.2, 0) is 0 Å². The van der Waals surface area contributed by atoms with E-state index in [-0.39, 0.29) is 6.04 Å². The van der Waals surface area contributed by atoms with Crippen LogP contribution in [0.25, 0.3) is 0 Å². The number of aryl methyl sites for hydroxylation is 1. The molecule has 0 amide bonds. The van der Waals surface area contributed by atoms with E-state index in [1.54, 1.807) is 0 Å². The number of halogens is 1. The minimum absolute atomic E-state index is 0.0523. The minimum Gasteiger partial charge on any atom is -0.488 e. The highest BCUT2D eigenvalue weighted by Gasteiger charge is 2.08. The molecule has 1 rings (SSSR count). The average Bonchev–Trinajstić information content (AvgIpc) is 2.15. The largest absolute Gasteiger partial charge is 0.488 e. The van der Waals surface area contributed by atoms with Gasteiger partial charge in [-0.15, -0.1) is 0 Å². The first-order chi connectivity index (χ1) is 7.00. The SMILES string of the molecule is C=C(Cl)COc1ccc(C)cc1C(C)N. The summed E-state index contributed by atoms with van der Waals surface area (Å²) in [5, 5.41) is 0.478. The van der Waals surface area contributed by atoms with E-state index in [0.29, 0.717) is 11.6 Å². The summed E-state index contributed by atoms with van der Waals surface area (Å²) >= 11 is 5.64. The molecule has 0 radical (unpaired) electrons. The van der Waals surface area contributed by atoms with Crippen LogP contribution in [0.4, 0.5) is 0 Å². The van der Waals surface area contributed by atoms with Gasteiger partial charge in [0.05, 0.1) is 0 Å². The Labute approximate surface area is 95.7 Å². The Morgan fingerprint density at radius 2 is 2.27 bits per heavy atom. The molecule has 2 nitrogen and oxygen atoms in total. The maximum absolute atomic E-state index is 5.85. The zero-order chi connectivity index (χ0) is 11.4. The van der Waals surface area contributed by atoms with E-state index in [9.17, 15) is 0 Å². The Bertz CT molecular complexity index is 361. The average molecular weight is 226 g/mol. The summed E-state index contributed by atoms with van der Waals surface area (Å²) in [4.78, 5) is 0. The van der Waals surface area contributed by atoms with Crippen LogP contribution < -0.4 is 10.5 Å². The van der Waals surface area contributed by atoms with Crippen molar-refractivity contribution in [1.82, 2.24) is 0 Å². The van der Waals surface area contributed by atoms with Gasteiger partial charge in [0.2, 0.25) is 0 Å². The first-order valence-corrected chi connectivity index (χ1v) is 5.20. The Morgan fingerprint density at radius 1 is 1.60 bits per heavy atom. The van der Waals surface area contributed by atoms with E-state index >= 15 is 0 Å². The number of rotatable bonds is 4. The third kappa shape index (κ3) is 3.57. The number of hydrogen-bond acceptors (Lipinski definition) is 2. The molecule has 0 fully saturated rings. The monoisotopic (exact) mass is 225 g/mol. The molecule has 0 aliphatic heterocycles. The molecule has 0 spiro atoms. The fourth-order valence-corrected chi connectivity index (χ4v) is 1.37. The summed E-state index contributed by atoms with van der Waals surface area (Å²) in [7, 11) is 0. The molecule has 0 saturated heterocycles. The highest BCUT2D eigenvalue weighted by molar-refractivity contribution is 6.29. The van der Waals surface area contributed by atoms with Gasteiger partial charge in [-0.05, 0) is 19.9 Å². The molecule has 1 unspecified atom stereocenters. The second kappa shape index (κ2) is 5.19. The second-order valence-corrected chi connectivity index (χ2v) is 4.17. The number of ether oxygens (including phenoxy) is 1. The van der Waals surface area contributed by atoms with Crippen molar-refractivity contribution >= 4 is 11.6 Å². The van der Waals surface area contributed by atoms with E-state index < -0.39 is 0 Å². The lowest BCUT2D eigenvalue weighted by atomic mass is 10.1. The molecule has 0 aliphatic rings. The summed E-state index contributed by atoms with van der Waals surface area (Å²) in [5.74, 6) is 0.775. The van der Waals surface area contributed by atoms with Crippen molar-refractivity contribution in [3.63, 3.8) is 0 Å². The van der Waals surface area contributed by atoms with Crippen LogP contribution in [0.3, 0.4) is 0 Å². The van der Waals surface area contributed by atoms with Gasteiger partial charge in [0, 0.05) is 16.6 Å². The first kappa shape index (κ1) is 12.1. The van der Waals surface area contributed by atoms with Crippen LogP contribution in [-0.4, -0.2) is 6.61 Å². The zero-order valence-electron chi connectivity index (χ0n) is 9.09. The molecule has 0 aromatic heterocycles. The Kier molecular flexibility index (Phi) is 4.18. The highest BCUT2D eigenvalue weighted by atomic mass is 35.5. The standard InChI is InChI=1S/C12H16ClNO/c1-8-4-5-12(15-7-9(2)13)11(6-8)10(3)14/h4-6,10H,2,7,14H2,1,3H3.